The second-order valence-corrected chi connectivity index (χ2v) is 7.87. The normalized spacial score (nSPS) is 11.3. The van der Waals surface area contributed by atoms with Crippen LogP contribution in [0, 0.1) is 6.92 Å². The molecule has 1 N–H and O–H groups in total. The van der Waals surface area contributed by atoms with Crippen molar-refractivity contribution in [3.63, 3.8) is 0 Å². The minimum absolute atomic E-state index is 0.881. The van der Waals surface area contributed by atoms with E-state index in [4.69, 9.17) is 0 Å². The van der Waals surface area contributed by atoms with Crippen molar-refractivity contribution in [2.75, 3.05) is 12.4 Å². The molecule has 0 spiro atoms. The molecule has 4 aromatic rings. The van der Waals surface area contributed by atoms with Crippen molar-refractivity contribution in [2.24, 2.45) is 4.99 Å². The molecule has 0 saturated heterocycles. The van der Waals surface area contributed by atoms with Gasteiger partial charge >= 0.3 is 0 Å². The van der Waals surface area contributed by atoms with Gasteiger partial charge in [0.2, 0.25) is 0 Å². The highest BCUT2D eigenvalue weighted by molar-refractivity contribution is 7.18. The summed E-state index contributed by atoms with van der Waals surface area (Å²) in [6.07, 6.45) is 9.04. The first kappa shape index (κ1) is 24.3. The highest BCUT2D eigenvalue weighted by Crippen LogP contribution is 2.28. The molecule has 0 fully saturated rings. The van der Waals surface area contributed by atoms with E-state index in [0.29, 0.717) is 0 Å². The second kappa shape index (κ2) is 12.0. The Hall–Kier alpha value is -2.99. The number of pyridine rings is 1. The van der Waals surface area contributed by atoms with Crippen LogP contribution in [-0.2, 0) is 0 Å². The molecule has 0 aliphatic rings. The fraction of sp³-hybridized carbons (Fsp3) is 0.320. The summed E-state index contributed by atoms with van der Waals surface area (Å²) in [6, 6.07) is 10.3. The number of rotatable bonds is 4. The van der Waals surface area contributed by atoms with E-state index < -0.39 is 0 Å². The number of thiazole rings is 1. The summed E-state index contributed by atoms with van der Waals surface area (Å²) in [7, 11) is 1.77. The fourth-order valence-electron chi connectivity index (χ4n) is 3.02. The van der Waals surface area contributed by atoms with Crippen molar-refractivity contribution in [1.82, 2.24) is 14.4 Å². The molecule has 164 valence electrons. The molecule has 3 heterocycles. The topological polar surface area (TPSA) is 54.6 Å². The van der Waals surface area contributed by atoms with Gasteiger partial charge in [-0.3, -0.25) is 9.39 Å². The van der Waals surface area contributed by atoms with Crippen LogP contribution in [0.5, 0.6) is 0 Å². The molecule has 0 radical (unpaired) electrons. The van der Waals surface area contributed by atoms with Gasteiger partial charge in [0, 0.05) is 30.7 Å². The largest absolute Gasteiger partial charge is 0.352 e. The molecule has 0 unspecified atom stereocenters. The minimum Gasteiger partial charge on any atom is -0.352 e. The van der Waals surface area contributed by atoms with Crippen LogP contribution in [0.1, 0.15) is 51.7 Å². The SMILES string of the molecule is C/C=C(\C=NC)c1cnc2c(Nc3ccc4nc(C)sc4c3)cccn12.CC.CCC. The van der Waals surface area contributed by atoms with Crippen molar-refractivity contribution in [3.8, 4) is 0 Å². The zero-order valence-electron chi connectivity index (χ0n) is 19.6. The van der Waals surface area contributed by atoms with Crippen LogP contribution in [0.4, 0.5) is 11.4 Å². The summed E-state index contributed by atoms with van der Waals surface area (Å²) in [6.45, 7) is 12.3. The van der Waals surface area contributed by atoms with Gasteiger partial charge in [-0.1, -0.05) is 40.2 Å². The number of nitrogens with one attached hydrogen (secondary N) is 1. The number of hydrogen-bond donors (Lipinski definition) is 1. The molecular formula is C25H33N5S. The average molecular weight is 436 g/mol. The van der Waals surface area contributed by atoms with Crippen LogP contribution in [-0.4, -0.2) is 27.6 Å². The number of aliphatic imine (C=N–C) groups is 1. The number of aromatic nitrogens is 3. The maximum Gasteiger partial charge on any atom is 0.161 e. The van der Waals surface area contributed by atoms with Crippen LogP contribution in [0.15, 0.2) is 53.8 Å². The molecule has 0 atom stereocenters. The van der Waals surface area contributed by atoms with E-state index >= 15 is 0 Å². The van der Waals surface area contributed by atoms with Crippen molar-refractivity contribution in [3.05, 3.63) is 59.5 Å². The monoisotopic (exact) mass is 435 g/mol. The van der Waals surface area contributed by atoms with E-state index in [-0.39, 0.29) is 0 Å². The number of allylic oxidation sites excluding steroid dienone is 2. The Bertz CT molecular complexity index is 1170. The lowest BCUT2D eigenvalue weighted by atomic mass is 10.2. The molecule has 6 heteroatoms. The van der Waals surface area contributed by atoms with Crippen LogP contribution < -0.4 is 5.32 Å². The molecule has 31 heavy (non-hydrogen) atoms. The highest BCUT2D eigenvalue weighted by Gasteiger charge is 2.10. The lowest BCUT2D eigenvalue weighted by Crippen LogP contribution is -1.97. The summed E-state index contributed by atoms with van der Waals surface area (Å²) in [4.78, 5) is 13.3. The van der Waals surface area contributed by atoms with E-state index in [1.807, 2.05) is 70.6 Å². The summed E-state index contributed by atoms with van der Waals surface area (Å²) < 4.78 is 3.26. The van der Waals surface area contributed by atoms with Gasteiger partial charge in [0.05, 0.1) is 32.8 Å². The Labute approximate surface area is 189 Å². The Morgan fingerprint density at radius 3 is 2.65 bits per heavy atom. The van der Waals surface area contributed by atoms with Crippen molar-refractivity contribution in [1.29, 1.82) is 0 Å². The Balaban J connectivity index is 0.000000630. The molecule has 0 amide bonds. The fourth-order valence-corrected chi connectivity index (χ4v) is 3.89. The maximum atomic E-state index is 4.62. The third-order valence-corrected chi connectivity index (χ3v) is 5.12. The van der Waals surface area contributed by atoms with Crippen LogP contribution in [0.25, 0.3) is 21.4 Å². The Morgan fingerprint density at radius 2 is 1.97 bits per heavy atom. The van der Waals surface area contributed by atoms with Gasteiger partial charge in [-0.15, -0.1) is 11.3 Å². The summed E-state index contributed by atoms with van der Waals surface area (Å²) in [5.74, 6) is 0. The van der Waals surface area contributed by atoms with Crippen LogP contribution >= 0.6 is 11.3 Å². The van der Waals surface area contributed by atoms with E-state index in [1.54, 1.807) is 18.4 Å². The molecule has 0 saturated carbocycles. The summed E-state index contributed by atoms with van der Waals surface area (Å²) >= 11 is 1.70. The van der Waals surface area contributed by atoms with E-state index in [2.05, 4.69) is 50.7 Å². The number of hydrogen-bond acceptors (Lipinski definition) is 5. The number of anilines is 2. The number of fused-ring (bicyclic) bond motifs is 2. The number of aryl methyl sites for hydroxylation is 1. The standard InChI is InChI=1S/C20H19N5S.C3H8.C2H6/c1-4-14(11-21-3)18-12-22-20-17(6-5-9-25(18)20)24-15-7-8-16-19(10-15)26-13(2)23-16;1-3-2;1-2/h4-12,24H,1-3H3;3H2,1-2H3;1-2H3/b14-4+,21-11?;;. The zero-order chi connectivity index (χ0) is 22.8. The smallest absolute Gasteiger partial charge is 0.161 e. The molecule has 5 nitrogen and oxygen atoms in total. The molecule has 0 bridgehead atoms. The quantitative estimate of drug-likeness (QED) is 0.337. The summed E-state index contributed by atoms with van der Waals surface area (Å²) in [5, 5.41) is 4.57. The van der Waals surface area contributed by atoms with E-state index in [0.717, 1.165) is 38.8 Å². The molecule has 1 aromatic carbocycles. The Morgan fingerprint density at radius 1 is 1.23 bits per heavy atom. The second-order valence-electron chi connectivity index (χ2n) is 6.64. The van der Waals surface area contributed by atoms with Gasteiger partial charge in [0.15, 0.2) is 5.65 Å². The predicted molar refractivity (Wildman–Crippen MR) is 138 cm³/mol. The molecule has 3 aromatic heterocycles. The van der Waals surface area contributed by atoms with Gasteiger partial charge in [-0.05, 0) is 44.2 Å². The van der Waals surface area contributed by atoms with Crippen molar-refractivity contribution >= 4 is 50.4 Å². The highest BCUT2D eigenvalue weighted by atomic mass is 32.1. The van der Waals surface area contributed by atoms with Gasteiger partial charge < -0.3 is 5.32 Å². The summed E-state index contributed by atoms with van der Waals surface area (Å²) in [5.41, 5.74) is 5.97. The van der Waals surface area contributed by atoms with Crippen LogP contribution in [0.3, 0.4) is 0 Å². The van der Waals surface area contributed by atoms with E-state index in [1.165, 1.54) is 11.1 Å². The third kappa shape index (κ3) is 5.79. The maximum absolute atomic E-state index is 4.62. The van der Waals surface area contributed by atoms with Crippen molar-refractivity contribution in [2.45, 2.75) is 48.0 Å². The molecule has 4 rings (SSSR count). The van der Waals surface area contributed by atoms with Gasteiger partial charge in [0.1, 0.15) is 0 Å². The molecular weight excluding hydrogens is 402 g/mol. The molecule has 0 aliphatic heterocycles. The van der Waals surface area contributed by atoms with Crippen molar-refractivity contribution < 1.29 is 0 Å². The van der Waals surface area contributed by atoms with Gasteiger partial charge in [-0.2, -0.15) is 0 Å². The van der Waals surface area contributed by atoms with Crippen LogP contribution in [0.2, 0.25) is 0 Å². The minimum atomic E-state index is 0.881. The zero-order valence-corrected chi connectivity index (χ0v) is 20.4. The average Bonchev–Trinajstić information content (AvgIpc) is 3.37. The third-order valence-electron chi connectivity index (χ3n) is 4.19. The number of nitrogens with zero attached hydrogens (tertiary/aromatic N) is 4. The van der Waals surface area contributed by atoms with E-state index in [9.17, 15) is 0 Å². The lowest BCUT2D eigenvalue weighted by Gasteiger charge is -2.09. The molecule has 0 aliphatic carbocycles. The van der Waals surface area contributed by atoms with Gasteiger partial charge in [0.25, 0.3) is 0 Å². The first-order valence-electron chi connectivity index (χ1n) is 10.8. The number of benzene rings is 1. The first-order valence-corrected chi connectivity index (χ1v) is 11.6. The lowest BCUT2D eigenvalue weighted by molar-refractivity contribution is 1.09. The Kier molecular flexibility index (Phi) is 9.40. The number of imidazole rings is 1. The first-order chi connectivity index (χ1) is 15.1. The van der Waals surface area contributed by atoms with Gasteiger partial charge in [-0.25, -0.2) is 9.97 Å². The predicted octanol–water partition coefficient (Wildman–Crippen LogP) is 7.54.